The first-order valence-electron chi connectivity index (χ1n) is 8.37. The van der Waals surface area contributed by atoms with E-state index in [0.717, 1.165) is 11.1 Å². The standard InChI is InChI=1S/C19H16N2O5/c1-21-14-5-12-11(10-3-2-4-15-19(10)26-9-25-15)6-17(22)20-13(12)7-16(14)24-8-18(21)23/h2-5,7,11H,6,8-9H2,1H3,(H,20,22). The molecule has 2 aromatic carbocycles. The van der Waals surface area contributed by atoms with Gasteiger partial charge in [-0.15, -0.1) is 0 Å². The van der Waals surface area contributed by atoms with Crippen LogP contribution in [0.3, 0.4) is 0 Å². The highest BCUT2D eigenvalue weighted by atomic mass is 16.7. The first-order chi connectivity index (χ1) is 12.6. The van der Waals surface area contributed by atoms with Crippen molar-refractivity contribution in [1.29, 1.82) is 0 Å². The van der Waals surface area contributed by atoms with E-state index in [1.807, 2.05) is 24.3 Å². The first kappa shape index (κ1) is 15.1. The van der Waals surface area contributed by atoms with Crippen molar-refractivity contribution < 1.29 is 23.8 Å². The number of nitrogens with zero attached hydrogens (tertiary/aromatic N) is 1. The van der Waals surface area contributed by atoms with Crippen LogP contribution in [0.25, 0.3) is 0 Å². The molecule has 0 bridgehead atoms. The zero-order valence-electron chi connectivity index (χ0n) is 14.1. The van der Waals surface area contributed by atoms with E-state index in [2.05, 4.69) is 5.32 Å². The lowest BCUT2D eigenvalue weighted by molar-refractivity contribution is -0.121. The fourth-order valence-electron chi connectivity index (χ4n) is 3.73. The third kappa shape index (κ3) is 2.13. The van der Waals surface area contributed by atoms with E-state index in [-0.39, 0.29) is 31.1 Å². The largest absolute Gasteiger partial charge is 0.481 e. The summed E-state index contributed by atoms with van der Waals surface area (Å²) < 4.78 is 16.6. The number of hydrogen-bond donors (Lipinski definition) is 1. The Bertz CT molecular complexity index is 955. The highest BCUT2D eigenvalue weighted by molar-refractivity contribution is 6.00. The summed E-state index contributed by atoms with van der Waals surface area (Å²) in [7, 11) is 1.73. The molecule has 3 aliphatic rings. The molecule has 1 N–H and O–H groups in total. The number of anilines is 2. The second-order valence-corrected chi connectivity index (χ2v) is 6.53. The topological polar surface area (TPSA) is 77.1 Å². The molecule has 0 saturated carbocycles. The third-order valence-electron chi connectivity index (χ3n) is 5.06. The summed E-state index contributed by atoms with van der Waals surface area (Å²) in [4.78, 5) is 25.9. The molecule has 5 rings (SSSR count). The van der Waals surface area contributed by atoms with Crippen molar-refractivity contribution >= 4 is 23.2 Å². The summed E-state index contributed by atoms with van der Waals surface area (Å²) in [5, 5.41) is 2.91. The van der Waals surface area contributed by atoms with Gasteiger partial charge in [-0.3, -0.25) is 9.59 Å². The summed E-state index contributed by atoms with van der Waals surface area (Å²) in [5.74, 6) is 1.58. The van der Waals surface area contributed by atoms with Crippen LogP contribution in [0.1, 0.15) is 23.5 Å². The highest BCUT2D eigenvalue weighted by Crippen LogP contribution is 2.48. The lowest BCUT2D eigenvalue weighted by Gasteiger charge is -2.32. The minimum Gasteiger partial charge on any atom is -0.481 e. The van der Waals surface area contributed by atoms with Crippen molar-refractivity contribution in [2.24, 2.45) is 0 Å². The Kier molecular flexibility index (Phi) is 3.12. The van der Waals surface area contributed by atoms with Gasteiger partial charge in [-0.2, -0.15) is 0 Å². The molecule has 132 valence electrons. The number of ether oxygens (including phenoxy) is 3. The van der Waals surface area contributed by atoms with E-state index >= 15 is 0 Å². The summed E-state index contributed by atoms with van der Waals surface area (Å²) >= 11 is 0. The van der Waals surface area contributed by atoms with Crippen LogP contribution >= 0.6 is 0 Å². The molecule has 0 radical (unpaired) electrons. The van der Waals surface area contributed by atoms with Crippen LogP contribution in [-0.4, -0.2) is 32.3 Å². The maximum Gasteiger partial charge on any atom is 0.264 e. The monoisotopic (exact) mass is 352 g/mol. The van der Waals surface area contributed by atoms with Gasteiger partial charge >= 0.3 is 0 Å². The average Bonchev–Trinajstić information content (AvgIpc) is 3.12. The Morgan fingerprint density at radius 3 is 2.85 bits per heavy atom. The van der Waals surface area contributed by atoms with Gasteiger partial charge in [0.05, 0.1) is 5.69 Å². The van der Waals surface area contributed by atoms with E-state index in [1.54, 1.807) is 18.0 Å². The van der Waals surface area contributed by atoms with Crippen LogP contribution in [0.2, 0.25) is 0 Å². The smallest absolute Gasteiger partial charge is 0.264 e. The molecule has 0 fully saturated rings. The Labute approximate surface area is 149 Å². The normalized spacial score (nSPS) is 20.2. The summed E-state index contributed by atoms with van der Waals surface area (Å²) in [6, 6.07) is 9.40. The number of benzene rings is 2. The lowest BCUT2D eigenvalue weighted by Crippen LogP contribution is -2.36. The molecular weight excluding hydrogens is 336 g/mol. The number of amides is 2. The fourth-order valence-corrected chi connectivity index (χ4v) is 3.73. The molecule has 2 aromatic rings. The van der Waals surface area contributed by atoms with Gasteiger partial charge in [-0.05, 0) is 17.7 Å². The quantitative estimate of drug-likeness (QED) is 0.852. The summed E-state index contributed by atoms with van der Waals surface area (Å²) in [6.45, 7) is 0.171. The van der Waals surface area contributed by atoms with E-state index in [0.29, 0.717) is 35.0 Å². The molecule has 7 heteroatoms. The Balaban J connectivity index is 1.68. The number of likely N-dealkylation sites (N-methyl/N-ethyl adjacent to an activating group) is 1. The van der Waals surface area contributed by atoms with Crippen LogP contribution in [0, 0.1) is 0 Å². The average molecular weight is 352 g/mol. The van der Waals surface area contributed by atoms with Gasteiger partial charge in [0.15, 0.2) is 18.1 Å². The Morgan fingerprint density at radius 2 is 1.96 bits per heavy atom. The van der Waals surface area contributed by atoms with Gasteiger partial charge in [0, 0.05) is 36.7 Å². The molecule has 0 spiro atoms. The van der Waals surface area contributed by atoms with Gasteiger partial charge in [0.2, 0.25) is 12.7 Å². The molecule has 0 aromatic heterocycles. The van der Waals surface area contributed by atoms with Crippen LogP contribution < -0.4 is 24.4 Å². The molecule has 3 aliphatic heterocycles. The molecule has 0 saturated heterocycles. The van der Waals surface area contributed by atoms with Crippen molar-refractivity contribution in [1.82, 2.24) is 0 Å². The number of carbonyl (C=O) groups is 2. The van der Waals surface area contributed by atoms with Crippen molar-refractivity contribution in [2.45, 2.75) is 12.3 Å². The number of rotatable bonds is 1. The zero-order valence-corrected chi connectivity index (χ0v) is 14.1. The van der Waals surface area contributed by atoms with Crippen molar-refractivity contribution in [2.75, 3.05) is 30.7 Å². The zero-order chi connectivity index (χ0) is 17.8. The molecule has 2 amide bonds. The Hall–Kier alpha value is -3.22. The van der Waals surface area contributed by atoms with Gasteiger partial charge in [-0.25, -0.2) is 0 Å². The second kappa shape index (κ2) is 5.39. The van der Waals surface area contributed by atoms with Crippen molar-refractivity contribution in [3.8, 4) is 17.2 Å². The fraction of sp³-hybridized carbons (Fsp3) is 0.263. The van der Waals surface area contributed by atoms with E-state index in [9.17, 15) is 9.59 Å². The van der Waals surface area contributed by atoms with E-state index in [1.165, 1.54) is 0 Å². The van der Waals surface area contributed by atoms with Gasteiger partial charge in [0.1, 0.15) is 5.75 Å². The molecule has 3 heterocycles. The molecule has 1 atom stereocenters. The second-order valence-electron chi connectivity index (χ2n) is 6.53. The van der Waals surface area contributed by atoms with Crippen molar-refractivity contribution in [3.05, 3.63) is 41.5 Å². The van der Waals surface area contributed by atoms with Crippen LogP contribution in [0.15, 0.2) is 30.3 Å². The first-order valence-corrected chi connectivity index (χ1v) is 8.37. The van der Waals surface area contributed by atoms with Gasteiger partial charge in [-0.1, -0.05) is 12.1 Å². The summed E-state index contributed by atoms with van der Waals surface area (Å²) in [6.07, 6.45) is 0.296. The number of nitrogens with one attached hydrogen (secondary N) is 1. The third-order valence-corrected chi connectivity index (χ3v) is 5.06. The van der Waals surface area contributed by atoms with E-state index in [4.69, 9.17) is 14.2 Å². The van der Waals surface area contributed by atoms with Crippen LogP contribution in [-0.2, 0) is 9.59 Å². The lowest BCUT2D eigenvalue weighted by atomic mass is 9.83. The number of carbonyl (C=O) groups excluding carboxylic acids is 2. The Morgan fingerprint density at radius 1 is 1.08 bits per heavy atom. The van der Waals surface area contributed by atoms with Gasteiger partial charge < -0.3 is 24.4 Å². The minimum atomic E-state index is -0.189. The maximum atomic E-state index is 12.3. The molecule has 1 unspecified atom stereocenters. The van der Waals surface area contributed by atoms with Crippen molar-refractivity contribution in [3.63, 3.8) is 0 Å². The van der Waals surface area contributed by atoms with E-state index < -0.39 is 0 Å². The number of hydrogen-bond acceptors (Lipinski definition) is 5. The molecular formula is C19H16N2O5. The van der Waals surface area contributed by atoms with Crippen LogP contribution in [0.4, 0.5) is 11.4 Å². The molecule has 0 aliphatic carbocycles. The van der Waals surface area contributed by atoms with Gasteiger partial charge in [0.25, 0.3) is 5.91 Å². The summed E-state index contributed by atoms with van der Waals surface area (Å²) in [5.41, 5.74) is 3.23. The number of para-hydroxylation sites is 1. The predicted octanol–water partition coefficient (Wildman–Crippen LogP) is 2.24. The highest BCUT2D eigenvalue weighted by Gasteiger charge is 2.34. The number of fused-ring (bicyclic) bond motifs is 3. The van der Waals surface area contributed by atoms with Crippen LogP contribution in [0.5, 0.6) is 17.2 Å². The predicted molar refractivity (Wildman–Crippen MR) is 93.0 cm³/mol. The SMILES string of the molecule is CN1C(=O)COc2cc3c(cc21)C(c1cccc2c1OCO2)CC(=O)N3. The minimum absolute atomic E-state index is 0.00294. The molecule has 26 heavy (non-hydrogen) atoms. The molecule has 7 nitrogen and oxygen atoms in total. The maximum absolute atomic E-state index is 12.3.